The Morgan fingerprint density at radius 2 is 2.12 bits per heavy atom. The fourth-order valence-electron chi connectivity index (χ4n) is 2.50. The van der Waals surface area contributed by atoms with Gasteiger partial charge in [0.2, 0.25) is 0 Å². The van der Waals surface area contributed by atoms with E-state index in [1.54, 1.807) is 7.11 Å². The zero-order chi connectivity index (χ0) is 12.1. The molecule has 1 heterocycles. The van der Waals surface area contributed by atoms with Crippen LogP contribution in [-0.2, 0) is 17.8 Å². The van der Waals surface area contributed by atoms with Crippen LogP contribution in [0.15, 0.2) is 22.7 Å². The van der Waals surface area contributed by atoms with E-state index in [2.05, 4.69) is 39.4 Å². The lowest BCUT2D eigenvalue weighted by atomic mass is 9.89. The van der Waals surface area contributed by atoms with Gasteiger partial charge >= 0.3 is 0 Å². The number of piperidine rings is 1. The van der Waals surface area contributed by atoms with Gasteiger partial charge in [0.05, 0.1) is 6.61 Å². The molecule has 0 radical (unpaired) electrons. The Bertz CT molecular complexity index is 361. The van der Waals surface area contributed by atoms with Crippen LogP contribution >= 0.6 is 15.9 Å². The van der Waals surface area contributed by atoms with Crippen molar-refractivity contribution in [2.75, 3.05) is 20.2 Å². The number of methoxy groups -OCH3 is 1. The highest BCUT2D eigenvalue weighted by Crippen LogP contribution is 2.27. The zero-order valence-electron chi connectivity index (χ0n) is 10.3. The number of benzene rings is 1. The normalized spacial score (nSPS) is 17.3. The quantitative estimate of drug-likeness (QED) is 0.922. The number of halogens is 1. The highest BCUT2D eigenvalue weighted by Gasteiger charge is 2.16. The maximum Gasteiger partial charge on any atom is 0.0716 e. The van der Waals surface area contributed by atoms with Crippen molar-refractivity contribution in [3.8, 4) is 0 Å². The molecule has 1 aromatic rings. The van der Waals surface area contributed by atoms with Gasteiger partial charge < -0.3 is 10.1 Å². The standard InChI is InChI=1S/C14H20BrNO/c1-17-10-12-3-2-4-14(15)13(12)9-11-5-7-16-8-6-11/h2-4,11,16H,5-10H2,1H3. The van der Waals surface area contributed by atoms with E-state index in [0.29, 0.717) is 6.61 Å². The van der Waals surface area contributed by atoms with E-state index in [0.717, 1.165) is 19.0 Å². The van der Waals surface area contributed by atoms with Gasteiger partial charge in [0.1, 0.15) is 0 Å². The summed E-state index contributed by atoms with van der Waals surface area (Å²) >= 11 is 3.67. The van der Waals surface area contributed by atoms with Gasteiger partial charge in [-0.15, -0.1) is 0 Å². The molecule has 1 aromatic carbocycles. The molecule has 0 aliphatic carbocycles. The summed E-state index contributed by atoms with van der Waals surface area (Å²) in [5.41, 5.74) is 2.75. The van der Waals surface area contributed by atoms with Crippen LogP contribution in [0.4, 0.5) is 0 Å². The predicted octanol–water partition coefficient (Wildman–Crippen LogP) is 3.14. The second-order valence-corrected chi connectivity index (χ2v) is 5.56. The summed E-state index contributed by atoms with van der Waals surface area (Å²) in [6.07, 6.45) is 3.74. The third kappa shape index (κ3) is 3.54. The highest BCUT2D eigenvalue weighted by atomic mass is 79.9. The second-order valence-electron chi connectivity index (χ2n) is 4.71. The Morgan fingerprint density at radius 1 is 1.35 bits per heavy atom. The van der Waals surface area contributed by atoms with Crippen molar-refractivity contribution in [1.29, 1.82) is 0 Å². The predicted molar refractivity (Wildman–Crippen MR) is 74.2 cm³/mol. The van der Waals surface area contributed by atoms with Crippen molar-refractivity contribution in [2.45, 2.75) is 25.9 Å². The van der Waals surface area contributed by atoms with Crippen LogP contribution in [0, 0.1) is 5.92 Å². The topological polar surface area (TPSA) is 21.3 Å². The molecule has 1 aliphatic rings. The largest absolute Gasteiger partial charge is 0.380 e. The maximum absolute atomic E-state index is 5.28. The third-order valence-corrected chi connectivity index (χ3v) is 4.21. The van der Waals surface area contributed by atoms with E-state index in [4.69, 9.17) is 4.74 Å². The van der Waals surface area contributed by atoms with E-state index in [-0.39, 0.29) is 0 Å². The summed E-state index contributed by atoms with van der Waals surface area (Å²) in [6, 6.07) is 6.39. The van der Waals surface area contributed by atoms with Crippen molar-refractivity contribution in [1.82, 2.24) is 5.32 Å². The fraction of sp³-hybridized carbons (Fsp3) is 0.571. The molecule has 0 saturated carbocycles. The summed E-state index contributed by atoms with van der Waals surface area (Å²) < 4.78 is 6.51. The summed E-state index contributed by atoms with van der Waals surface area (Å²) in [6.45, 7) is 3.03. The Morgan fingerprint density at radius 3 is 2.82 bits per heavy atom. The van der Waals surface area contributed by atoms with Crippen molar-refractivity contribution >= 4 is 15.9 Å². The van der Waals surface area contributed by atoms with Crippen LogP contribution in [-0.4, -0.2) is 20.2 Å². The minimum atomic E-state index is 0.708. The Hall–Kier alpha value is -0.380. The first-order valence-corrected chi connectivity index (χ1v) is 7.06. The number of ether oxygens (including phenoxy) is 1. The monoisotopic (exact) mass is 297 g/mol. The van der Waals surface area contributed by atoms with Crippen molar-refractivity contribution in [3.63, 3.8) is 0 Å². The van der Waals surface area contributed by atoms with Crippen LogP contribution in [0.5, 0.6) is 0 Å². The first-order chi connectivity index (χ1) is 8.31. The van der Waals surface area contributed by atoms with Crippen LogP contribution in [0.1, 0.15) is 24.0 Å². The first kappa shape index (κ1) is 13.1. The van der Waals surface area contributed by atoms with Gasteiger partial charge in [0.15, 0.2) is 0 Å². The third-order valence-electron chi connectivity index (χ3n) is 3.47. The van der Waals surface area contributed by atoms with Gasteiger partial charge in [-0.05, 0) is 55.5 Å². The first-order valence-electron chi connectivity index (χ1n) is 6.27. The molecule has 1 saturated heterocycles. The maximum atomic E-state index is 5.28. The molecule has 3 heteroatoms. The molecule has 0 aromatic heterocycles. The van der Waals surface area contributed by atoms with Crippen molar-refractivity contribution in [3.05, 3.63) is 33.8 Å². The lowest BCUT2D eigenvalue weighted by Crippen LogP contribution is -2.28. The molecular formula is C14H20BrNO. The average Bonchev–Trinajstić information content (AvgIpc) is 2.35. The van der Waals surface area contributed by atoms with E-state index in [1.165, 1.54) is 34.9 Å². The van der Waals surface area contributed by atoms with E-state index < -0.39 is 0 Å². The molecule has 2 rings (SSSR count). The number of hydrogen-bond acceptors (Lipinski definition) is 2. The molecule has 0 amide bonds. The molecule has 1 fully saturated rings. The SMILES string of the molecule is COCc1cccc(Br)c1CC1CCNCC1. The summed E-state index contributed by atoms with van der Waals surface area (Å²) in [7, 11) is 1.76. The Labute approximate surface area is 112 Å². The lowest BCUT2D eigenvalue weighted by molar-refractivity contribution is 0.183. The van der Waals surface area contributed by atoms with Gasteiger partial charge in [-0.25, -0.2) is 0 Å². The summed E-state index contributed by atoms with van der Waals surface area (Å²) in [5, 5.41) is 3.42. The van der Waals surface area contributed by atoms with Gasteiger partial charge in [-0.1, -0.05) is 28.1 Å². The Kier molecular flexibility index (Phi) is 5.01. The van der Waals surface area contributed by atoms with Crippen LogP contribution in [0.3, 0.4) is 0 Å². The van der Waals surface area contributed by atoms with E-state index in [1.807, 2.05) is 0 Å². The molecule has 0 unspecified atom stereocenters. The van der Waals surface area contributed by atoms with E-state index in [9.17, 15) is 0 Å². The van der Waals surface area contributed by atoms with Gasteiger partial charge in [-0.2, -0.15) is 0 Å². The minimum Gasteiger partial charge on any atom is -0.380 e. The zero-order valence-corrected chi connectivity index (χ0v) is 11.9. The molecule has 0 bridgehead atoms. The molecule has 1 N–H and O–H groups in total. The lowest BCUT2D eigenvalue weighted by Gasteiger charge is -2.24. The molecular weight excluding hydrogens is 278 g/mol. The van der Waals surface area contributed by atoms with Crippen molar-refractivity contribution < 1.29 is 4.74 Å². The van der Waals surface area contributed by atoms with Crippen molar-refractivity contribution in [2.24, 2.45) is 5.92 Å². The smallest absolute Gasteiger partial charge is 0.0716 e. The van der Waals surface area contributed by atoms with Crippen LogP contribution < -0.4 is 5.32 Å². The van der Waals surface area contributed by atoms with Gasteiger partial charge in [0, 0.05) is 11.6 Å². The summed E-state index contributed by atoms with van der Waals surface area (Å²) in [5.74, 6) is 0.811. The second kappa shape index (κ2) is 6.53. The molecule has 1 aliphatic heterocycles. The minimum absolute atomic E-state index is 0.708. The van der Waals surface area contributed by atoms with Crippen LogP contribution in [0.25, 0.3) is 0 Å². The van der Waals surface area contributed by atoms with Gasteiger partial charge in [0.25, 0.3) is 0 Å². The number of nitrogens with one attached hydrogen (secondary N) is 1. The highest BCUT2D eigenvalue weighted by molar-refractivity contribution is 9.10. The van der Waals surface area contributed by atoms with Gasteiger partial charge in [-0.3, -0.25) is 0 Å². The number of hydrogen-bond donors (Lipinski definition) is 1. The van der Waals surface area contributed by atoms with E-state index >= 15 is 0 Å². The molecule has 0 spiro atoms. The molecule has 94 valence electrons. The number of rotatable bonds is 4. The Balaban J connectivity index is 2.12. The average molecular weight is 298 g/mol. The molecule has 17 heavy (non-hydrogen) atoms. The van der Waals surface area contributed by atoms with Crippen LogP contribution in [0.2, 0.25) is 0 Å². The molecule has 2 nitrogen and oxygen atoms in total. The molecule has 0 atom stereocenters. The fourth-order valence-corrected chi connectivity index (χ4v) is 3.07. The summed E-state index contributed by atoms with van der Waals surface area (Å²) in [4.78, 5) is 0.